The van der Waals surface area contributed by atoms with Crippen molar-refractivity contribution in [2.75, 3.05) is 13.1 Å². The lowest BCUT2D eigenvalue weighted by Gasteiger charge is -2.30. The van der Waals surface area contributed by atoms with Gasteiger partial charge in [-0.25, -0.2) is 0 Å². The second-order valence-corrected chi connectivity index (χ2v) is 5.38. The van der Waals surface area contributed by atoms with Crippen LogP contribution >= 0.6 is 15.9 Å². The van der Waals surface area contributed by atoms with E-state index < -0.39 is 18.8 Å². The molecule has 0 bridgehead atoms. The molecule has 6 heteroatoms. The van der Waals surface area contributed by atoms with Crippen molar-refractivity contribution in [1.82, 2.24) is 4.90 Å². The third-order valence-corrected chi connectivity index (χ3v) is 3.37. The minimum atomic E-state index is -4.24. The summed E-state index contributed by atoms with van der Waals surface area (Å²) in [6.45, 7) is 2.85. The van der Waals surface area contributed by atoms with Crippen LogP contribution in [0.4, 0.5) is 13.2 Å². The van der Waals surface area contributed by atoms with Crippen molar-refractivity contribution in [2.24, 2.45) is 0 Å². The highest BCUT2D eigenvalue weighted by Crippen LogP contribution is 2.32. The Morgan fingerprint density at radius 2 is 2.00 bits per heavy atom. The van der Waals surface area contributed by atoms with Gasteiger partial charge in [0.25, 0.3) is 0 Å². The molecular weight excluding hydrogens is 323 g/mol. The Morgan fingerprint density at radius 3 is 2.53 bits per heavy atom. The number of halogens is 4. The first-order valence-corrected chi connectivity index (χ1v) is 6.83. The summed E-state index contributed by atoms with van der Waals surface area (Å²) in [5.74, 6) is 0.0129. The molecule has 108 valence electrons. The summed E-state index contributed by atoms with van der Waals surface area (Å²) in [6, 6.07) is 4.28. The quantitative estimate of drug-likeness (QED) is 0.854. The van der Waals surface area contributed by atoms with Gasteiger partial charge >= 0.3 is 6.18 Å². The van der Waals surface area contributed by atoms with E-state index in [2.05, 4.69) is 15.9 Å². The van der Waals surface area contributed by atoms with E-state index in [4.69, 9.17) is 0 Å². The third kappa shape index (κ3) is 5.03. The van der Waals surface area contributed by atoms with Crippen LogP contribution in [0.3, 0.4) is 0 Å². The number of hydrogen-bond acceptors (Lipinski definition) is 2. The number of phenolic OH excluding ortho intramolecular Hbond substituents is 1. The molecule has 0 saturated carbocycles. The Balaban J connectivity index is 2.98. The lowest BCUT2D eigenvalue weighted by atomic mass is 10.1. The highest BCUT2D eigenvalue weighted by Gasteiger charge is 2.33. The molecule has 0 heterocycles. The van der Waals surface area contributed by atoms with Crippen molar-refractivity contribution >= 4 is 15.9 Å². The zero-order chi connectivity index (χ0) is 14.6. The van der Waals surface area contributed by atoms with E-state index in [-0.39, 0.29) is 5.75 Å². The van der Waals surface area contributed by atoms with Crippen LogP contribution in [0.25, 0.3) is 0 Å². The van der Waals surface area contributed by atoms with Gasteiger partial charge in [0.2, 0.25) is 0 Å². The largest absolute Gasteiger partial charge is 0.508 e. The van der Waals surface area contributed by atoms with Gasteiger partial charge in [0.15, 0.2) is 0 Å². The lowest BCUT2D eigenvalue weighted by Crippen LogP contribution is -2.36. The minimum Gasteiger partial charge on any atom is -0.508 e. The molecule has 0 spiro atoms. The van der Waals surface area contributed by atoms with Crippen LogP contribution in [0.5, 0.6) is 5.75 Å². The van der Waals surface area contributed by atoms with Gasteiger partial charge in [0, 0.05) is 16.1 Å². The molecule has 1 aromatic rings. The summed E-state index contributed by atoms with van der Waals surface area (Å²) >= 11 is 3.26. The van der Waals surface area contributed by atoms with Gasteiger partial charge in [0.1, 0.15) is 5.75 Å². The standard InChI is InChI=1S/C13H17BrF3NO/c1-3-6-18(8-13(15,16)17)9(2)11-7-10(14)4-5-12(11)19/h4-5,7,9,19H,3,6,8H2,1-2H3. The summed E-state index contributed by atoms with van der Waals surface area (Å²) in [7, 11) is 0. The summed E-state index contributed by atoms with van der Waals surface area (Å²) in [5, 5.41) is 9.79. The summed E-state index contributed by atoms with van der Waals surface area (Å²) in [5.41, 5.74) is 0.493. The average Bonchev–Trinajstić information content (AvgIpc) is 2.29. The molecule has 2 nitrogen and oxygen atoms in total. The molecular formula is C13H17BrF3NO. The molecule has 0 saturated heterocycles. The van der Waals surface area contributed by atoms with Crippen molar-refractivity contribution in [1.29, 1.82) is 0 Å². The first kappa shape index (κ1) is 16.3. The van der Waals surface area contributed by atoms with E-state index in [1.807, 2.05) is 6.92 Å². The van der Waals surface area contributed by atoms with Crippen LogP contribution in [0.2, 0.25) is 0 Å². The molecule has 0 aliphatic heterocycles. The van der Waals surface area contributed by atoms with Gasteiger partial charge in [-0.15, -0.1) is 0 Å². The maximum Gasteiger partial charge on any atom is 0.401 e. The van der Waals surface area contributed by atoms with Gasteiger partial charge in [-0.1, -0.05) is 22.9 Å². The highest BCUT2D eigenvalue weighted by molar-refractivity contribution is 9.10. The molecule has 1 rings (SSSR count). The smallest absolute Gasteiger partial charge is 0.401 e. The zero-order valence-electron chi connectivity index (χ0n) is 10.8. The van der Waals surface area contributed by atoms with Crippen LogP contribution in [-0.4, -0.2) is 29.3 Å². The van der Waals surface area contributed by atoms with Crippen LogP contribution in [0.1, 0.15) is 31.9 Å². The highest BCUT2D eigenvalue weighted by atomic mass is 79.9. The number of hydrogen-bond donors (Lipinski definition) is 1. The monoisotopic (exact) mass is 339 g/mol. The maximum absolute atomic E-state index is 12.6. The van der Waals surface area contributed by atoms with Crippen molar-refractivity contribution in [3.05, 3.63) is 28.2 Å². The molecule has 0 fully saturated rings. The predicted octanol–water partition coefficient (Wildman–Crippen LogP) is 4.49. The number of phenols is 1. The van der Waals surface area contributed by atoms with Gasteiger partial charge in [-0.3, -0.25) is 4.90 Å². The van der Waals surface area contributed by atoms with E-state index in [1.165, 1.54) is 11.0 Å². The number of benzene rings is 1. The van der Waals surface area contributed by atoms with Gasteiger partial charge in [-0.05, 0) is 38.1 Å². The third-order valence-electron chi connectivity index (χ3n) is 2.88. The fourth-order valence-electron chi connectivity index (χ4n) is 1.98. The number of rotatable bonds is 5. The maximum atomic E-state index is 12.6. The van der Waals surface area contributed by atoms with Gasteiger partial charge in [0.05, 0.1) is 6.54 Å². The van der Waals surface area contributed by atoms with E-state index in [9.17, 15) is 18.3 Å². The molecule has 1 atom stereocenters. The van der Waals surface area contributed by atoms with E-state index >= 15 is 0 Å². The minimum absolute atomic E-state index is 0.0129. The van der Waals surface area contributed by atoms with Crippen molar-refractivity contribution in [3.8, 4) is 5.75 Å². The Hall–Kier alpha value is -0.750. The van der Waals surface area contributed by atoms with Gasteiger partial charge < -0.3 is 5.11 Å². The summed E-state index contributed by atoms with van der Waals surface area (Å²) < 4.78 is 38.4. The number of aromatic hydroxyl groups is 1. The summed E-state index contributed by atoms with van der Waals surface area (Å²) in [6.07, 6.45) is -3.62. The van der Waals surface area contributed by atoms with Crippen LogP contribution in [-0.2, 0) is 0 Å². The fraction of sp³-hybridized carbons (Fsp3) is 0.538. The van der Waals surface area contributed by atoms with Crippen LogP contribution < -0.4 is 0 Å². The molecule has 0 aliphatic carbocycles. The molecule has 0 aliphatic rings. The Labute approximate surface area is 119 Å². The van der Waals surface area contributed by atoms with E-state index in [0.29, 0.717) is 18.5 Å². The van der Waals surface area contributed by atoms with Crippen LogP contribution in [0.15, 0.2) is 22.7 Å². The normalized spacial score (nSPS) is 13.8. The average molecular weight is 340 g/mol. The van der Waals surface area contributed by atoms with Crippen molar-refractivity contribution in [2.45, 2.75) is 32.5 Å². The van der Waals surface area contributed by atoms with Gasteiger partial charge in [-0.2, -0.15) is 13.2 Å². The fourth-order valence-corrected chi connectivity index (χ4v) is 2.36. The SMILES string of the molecule is CCCN(CC(F)(F)F)C(C)c1cc(Br)ccc1O. The molecule has 0 radical (unpaired) electrons. The van der Waals surface area contributed by atoms with Crippen LogP contribution in [0, 0.1) is 0 Å². The molecule has 19 heavy (non-hydrogen) atoms. The zero-order valence-corrected chi connectivity index (χ0v) is 12.4. The van der Waals surface area contributed by atoms with Crippen molar-refractivity contribution in [3.63, 3.8) is 0 Å². The molecule has 0 aromatic heterocycles. The first-order valence-electron chi connectivity index (χ1n) is 6.03. The Morgan fingerprint density at radius 1 is 1.37 bits per heavy atom. The van der Waals surface area contributed by atoms with E-state index in [0.717, 1.165) is 4.47 Å². The first-order chi connectivity index (χ1) is 8.74. The molecule has 1 unspecified atom stereocenters. The van der Waals surface area contributed by atoms with E-state index in [1.54, 1.807) is 19.1 Å². The molecule has 0 amide bonds. The molecule has 1 aromatic carbocycles. The Bertz CT molecular complexity index is 423. The summed E-state index contributed by atoms with van der Waals surface area (Å²) in [4.78, 5) is 1.32. The topological polar surface area (TPSA) is 23.5 Å². The predicted molar refractivity (Wildman–Crippen MR) is 72.1 cm³/mol. The number of alkyl halides is 3. The lowest BCUT2D eigenvalue weighted by molar-refractivity contribution is -0.150. The van der Waals surface area contributed by atoms with Crippen molar-refractivity contribution < 1.29 is 18.3 Å². The second kappa shape index (κ2) is 6.61. The molecule has 1 N–H and O–H groups in total. The second-order valence-electron chi connectivity index (χ2n) is 4.46. The number of nitrogens with zero attached hydrogens (tertiary/aromatic N) is 1. The Kier molecular flexibility index (Phi) is 5.67.